The highest BCUT2D eigenvalue weighted by molar-refractivity contribution is 5.92. The van der Waals surface area contributed by atoms with Gasteiger partial charge in [-0.2, -0.15) is 0 Å². The van der Waals surface area contributed by atoms with E-state index in [1.165, 1.54) is 0 Å². The summed E-state index contributed by atoms with van der Waals surface area (Å²) in [4.78, 5) is 56.9. The molecule has 0 aliphatic rings. The third-order valence-electron chi connectivity index (χ3n) is 3.69. The molecule has 26 heavy (non-hydrogen) atoms. The molecule has 3 atom stereocenters. The van der Waals surface area contributed by atoms with Crippen LogP contribution in [0.15, 0.2) is 0 Å². The Bertz CT molecular complexity index is 539. The highest BCUT2D eigenvalue weighted by atomic mass is 16.4. The van der Waals surface area contributed by atoms with Gasteiger partial charge in [-0.3, -0.25) is 24.0 Å². The first-order valence-electron chi connectivity index (χ1n) is 8.18. The van der Waals surface area contributed by atoms with Gasteiger partial charge in [0.05, 0.1) is 12.6 Å². The molecule has 4 amide bonds. The maximum atomic E-state index is 12.0. The van der Waals surface area contributed by atoms with E-state index in [4.69, 9.17) is 16.6 Å². The number of nitrogens with one attached hydrogen (secondary N) is 3. The summed E-state index contributed by atoms with van der Waals surface area (Å²) in [6.45, 7) is 2.56. The van der Waals surface area contributed by atoms with Crippen molar-refractivity contribution < 1.29 is 29.1 Å². The van der Waals surface area contributed by atoms with E-state index < -0.39 is 54.8 Å². The van der Waals surface area contributed by atoms with Crippen molar-refractivity contribution >= 4 is 29.6 Å². The molecule has 0 radical (unpaired) electrons. The van der Waals surface area contributed by atoms with Crippen molar-refractivity contribution in [2.24, 2.45) is 17.4 Å². The van der Waals surface area contributed by atoms with E-state index in [2.05, 4.69) is 16.0 Å². The molecule has 0 spiro atoms. The lowest BCUT2D eigenvalue weighted by Gasteiger charge is -2.23. The lowest BCUT2D eigenvalue weighted by molar-refractivity contribution is -0.138. The molecule has 0 aliphatic carbocycles. The van der Waals surface area contributed by atoms with Crippen molar-refractivity contribution in [3.8, 4) is 0 Å². The first-order valence-corrected chi connectivity index (χ1v) is 8.18. The number of carbonyl (C=O) groups excluding carboxylic acids is 4. The number of carbonyl (C=O) groups is 5. The van der Waals surface area contributed by atoms with E-state index in [9.17, 15) is 24.0 Å². The molecule has 0 aliphatic heterocycles. The lowest BCUT2D eigenvalue weighted by atomic mass is 9.98. The number of amides is 4. The number of primary amides is 1. The molecule has 8 N–H and O–H groups in total. The maximum absolute atomic E-state index is 12.0. The second-order valence-corrected chi connectivity index (χ2v) is 5.87. The normalized spacial score (nSPS) is 13.8. The first kappa shape index (κ1) is 23.3. The van der Waals surface area contributed by atoms with E-state index in [1.807, 2.05) is 6.92 Å². The van der Waals surface area contributed by atoms with E-state index in [1.54, 1.807) is 6.92 Å². The van der Waals surface area contributed by atoms with Gasteiger partial charge in [-0.25, -0.2) is 0 Å². The molecule has 11 heteroatoms. The van der Waals surface area contributed by atoms with E-state index in [0.717, 1.165) is 0 Å². The molecule has 0 fully saturated rings. The fourth-order valence-corrected chi connectivity index (χ4v) is 1.93. The molecule has 148 valence electrons. The average Bonchev–Trinajstić information content (AvgIpc) is 2.59. The average molecular weight is 373 g/mol. The van der Waals surface area contributed by atoms with Gasteiger partial charge < -0.3 is 32.5 Å². The topological polar surface area (TPSA) is 194 Å². The van der Waals surface area contributed by atoms with E-state index >= 15 is 0 Å². The van der Waals surface area contributed by atoms with Crippen molar-refractivity contribution in [2.45, 2.75) is 45.2 Å². The Morgan fingerprint density at radius 3 is 2.12 bits per heavy atom. The van der Waals surface area contributed by atoms with Crippen molar-refractivity contribution in [3.05, 3.63) is 0 Å². The molecular weight excluding hydrogens is 346 g/mol. The Kier molecular flexibility index (Phi) is 10.6. The minimum atomic E-state index is -1.20. The van der Waals surface area contributed by atoms with Gasteiger partial charge in [0.2, 0.25) is 23.6 Å². The summed E-state index contributed by atoms with van der Waals surface area (Å²) < 4.78 is 0. The molecule has 0 rings (SSSR count). The van der Waals surface area contributed by atoms with Crippen molar-refractivity contribution in [1.29, 1.82) is 0 Å². The molecule has 0 heterocycles. The highest BCUT2D eigenvalue weighted by Gasteiger charge is 2.26. The Morgan fingerprint density at radius 2 is 1.62 bits per heavy atom. The van der Waals surface area contributed by atoms with Gasteiger partial charge in [-0.1, -0.05) is 20.3 Å². The molecule has 0 aromatic carbocycles. The first-order chi connectivity index (χ1) is 12.1. The third kappa shape index (κ3) is 9.57. The fourth-order valence-electron chi connectivity index (χ4n) is 1.93. The summed E-state index contributed by atoms with van der Waals surface area (Å²) in [7, 11) is 0. The number of nitrogens with two attached hydrogens (primary N) is 2. The summed E-state index contributed by atoms with van der Waals surface area (Å²) in [6, 6.07) is -1.92. The van der Waals surface area contributed by atoms with Crippen LogP contribution in [0.4, 0.5) is 0 Å². The summed E-state index contributed by atoms with van der Waals surface area (Å²) in [6.07, 6.45) is 0.562. The van der Waals surface area contributed by atoms with Crippen LogP contribution in [0.1, 0.15) is 33.1 Å². The second kappa shape index (κ2) is 11.8. The number of hydrogen-bond acceptors (Lipinski definition) is 6. The van der Waals surface area contributed by atoms with E-state index in [-0.39, 0.29) is 18.8 Å². The molecule has 11 nitrogen and oxygen atoms in total. The van der Waals surface area contributed by atoms with Crippen molar-refractivity contribution in [2.75, 3.05) is 13.1 Å². The Morgan fingerprint density at radius 1 is 1.04 bits per heavy atom. The number of rotatable bonds is 12. The second-order valence-electron chi connectivity index (χ2n) is 5.87. The summed E-state index contributed by atoms with van der Waals surface area (Å²) in [5.41, 5.74) is 10.5. The fraction of sp³-hybridized carbons (Fsp3) is 0.667. The Hall–Kier alpha value is -2.69. The van der Waals surface area contributed by atoms with Crippen LogP contribution in [0.5, 0.6) is 0 Å². The number of carboxylic acid groups (broad SMARTS) is 1. The highest BCUT2D eigenvalue weighted by Crippen LogP contribution is 2.07. The predicted octanol–water partition coefficient (Wildman–Crippen LogP) is -2.57. The summed E-state index contributed by atoms with van der Waals surface area (Å²) >= 11 is 0. The van der Waals surface area contributed by atoms with Crippen LogP contribution >= 0.6 is 0 Å². The van der Waals surface area contributed by atoms with Crippen LogP contribution in [0.3, 0.4) is 0 Å². The zero-order valence-electron chi connectivity index (χ0n) is 14.9. The van der Waals surface area contributed by atoms with Gasteiger partial charge in [-0.15, -0.1) is 0 Å². The van der Waals surface area contributed by atoms with Crippen molar-refractivity contribution in [1.82, 2.24) is 16.0 Å². The zero-order valence-corrected chi connectivity index (χ0v) is 14.9. The third-order valence-corrected chi connectivity index (χ3v) is 3.69. The Balaban J connectivity index is 4.56. The van der Waals surface area contributed by atoms with Gasteiger partial charge in [0, 0.05) is 6.42 Å². The molecule has 0 bridgehead atoms. The number of carboxylic acids is 1. The SMILES string of the molecule is CCC(C)C(NC(=O)CNC(=O)C(N)CCC(N)=O)C(=O)NCC(=O)O. The van der Waals surface area contributed by atoms with Crippen LogP contribution in [-0.4, -0.2) is 59.9 Å². The molecule has 3 unspecified atom stereocenters. The molecular formula is C15H27N5O6. The van der Waals surface area contributed by atoms with Gasteiger partial charge in [0.15, 0.2) is 0 Å². The van der Waals surface area contributed by atoms with Crippen molar-refractivity contribution in [3.63, 3.8) is 0 Å². The van der Waals surface area contributed by atoms with Gasteiger partial charge in [0.25, 0.3) is 0 Å². The largest absolute Gasteiger partial charge is 0.480 e. The molecule has 0 saturated heterocycles. The minimum Gasteiger partial charge on any atom is -0.480 e. The van der Waals surface area contributed by atoms with Crippen LogP contribution in [0.2, 0.25) is 0 Å². The van der Waals surface area contributed by atoms with Gasteiger partial charge in [-0.05, 0) is 12.3 Å². The van der Waals surface area contributed by atoms with Gasteiger partial charge >= 0.3 is 5.97 Å². The van der Waals surface area contributed by atoms with Crippen LogP contribution in [-0.2, 0) is 24.0 Å². The van der Waals surface area contributed by atoms with E-state index in [0.29, 0.717) is 6.42 Å². The molecule has 0 aromatic heterocycles. The summed E-state index contributed by atoms with van der Waals surface area (Å²) in [5, 5.41) is 15.6. The van der Waals surface area contributed by atoms with Crippen LogP contribution in [0.25, 0.3) is 0 Å². The smallest absolute Gasteiger partial charge is 0.322 e. The lowest BCUT2D eigenvalue weighted by Crippen LogP contribution is -2.53. The van der Waals surface area contributed by atoms with Crippen LogP contribution in [0, 0.1) is 5.92 Å². The molecule has 0 saturated carbocycles. The monoisotopic (exact) mass is 373 g/mol. The zero-order chi connectivity index (χ0) is 20.3. The molecule has 0 aromatic rings. The quantitative estimate of drug-likeness (QED) is 0.216. The summed E-state index contributed by atoms with van der Waals surface area (Å²) in [5.74, 6) is -3.92. The van der Waals surface area contributed by atoms with Crippen LogP contribution < -0.4 is 27.4 Å². The predicted molar refractivity (Wildman–Crippen MR) is 91.4 cm³/mol. The standard InChI is InChI=1S/C15H27N5O6/c1-3-8(2)13(15(26)19-7-12(23)24)20-11(22)6-18-14(25)9(16)4-5-10(17)21/h8-9,13H,3-7,16H2,1-2H3,(H2,17,21)(H,18,25)(H,19,26)(H,20,22)(H,23,24). The number of aliphatic carboxylic acids is 1. The minimum absolute atomic E-state index is 0.0515. The Labute approximate surface area is 151 Å². The number of hydrogen-bond donors (Lipinski definition) is 6. The maximum Gasteiger partial charge on any atom is 0.322 e. The van der Waals surface area contributed by atoms with Gasteiger partial charge in [0.1, 0.15) is 12.6 Å².